The highest BCUT2D eigenvalue weighted by atomic mass is 32.1. The predicted octanol–water partition coefficient (Wildman–Crippen LogP) is 3.14. The van der Waals surface area contributed by atoms with E-state index < -0.39 is 17.7 Å². The highest BCUT2D eigenvalue weighted by Gasteiger charge is 2.64. The summed E-state index contributed by atoms with van der Waals surface area (Å²) in [5, 5.41) is 2.51. The van der Waals surface area contributed by atoms with Gasteiger partial charge in [0.2, 0.25) is 0 Å². The lowest BCUT2D eigenvalue weighted by molar-refractivity contribution is -0.151. The lowest BCUT2D eigenvalue weighted by Crippen LogP contribution is -2.38. The molecule has 0 spiro atoms. The quantitative estimate of drug-likeness (QED) is 0.867. The fourth-order valence-corrected chi connectivity index (χ4v) is 2.55. The monoisotopic (exact) mass is 294 g/mol. The number of anilines is 1. The van der Waals surface area contributed by atoms with Crippen LogP contribution in [0.1, 0.15) is 35.1 Å². The van der Waals surface area contributed by atoms with Crippen LogP contribution in [0.2, 0.25) is 0 Å². The summed E-state index contributed by atoms with van der Waals surface area (Å²) < 4.78 is 43.2. The third-order valence-electron chi connectivity index (χ3n) is 2.90. The molecule has 19 heavy (non-hydrogen) atoms. The zero-order valence-corrected chi connectivity index (χ0v) is 11.2. The molecule has 1 saturated carbocycles. The van der Waals surface area contributed by atoms with E-state index >= 15 is 0 Å². The van der Waals surface area contributed by atoms with Gasteiger partial charge in [0.25, 0.3) is 0 Å². The molecule has 106 valence electrons. The zero-order chi connectivity index (χ0) is 14.3. The number of nitrogens with one attached hydrogen (secondary N) is 1. The van der Waals surface area contributed by atoms with Gasteiger partial charge in [-0.25, -0.2) is 9.78 Å². The van der Waals surface area contributed by atoms with Gasteiger partial charge in [-0.2, -0.15) is 13.2 Å². The van der Waals surface area contributed by atoms with Crippen LogP contribution >= 0.6 is 11.3 Å². The number of halogens is 3. The SMILES string of the molecule is CCOC(=O)c1nc(NC2(C(F)(F)F)CC2)sc1C. The second-order valence-corrected chi connectivity index (χ2v) is 5.55. The van der Waals surface area contributed by atoms with Gasteiger partial charge in [0.1, 0.15) is 5.54 Å². The zero-order valence-electron chi connectivity index (χ0n) is 10.4. The summed E-state index contributed by atoms with van der Waals surface area (Å²) in [5.41, 5.74) is -1.80. The van der Waals surface area contributed by atoms with Crippen LogP contribution in [0, 0.1) is 6.92 Å². The molecule has 0 atom stereocenters. The van der Waals surface area contributed by atoms with Crippen LogP contribution < -0.4 is 5.32 Å². The van der Waals surface area contributed by atoms with Crippen LogP contribution in [-0.4, -0.2) is 29.3 Å². The van der Waals surface area contributed by atoms with Crippen LogP contribution in [0.3, 0.4) is 0 Å². The molecule has 1 aromatic heterocycles. The molecule has 0 bridgehead atoms. The second kappa shape index (κ2) is 4.66. The molecule has 0 aliphatic heterocycles. The molecule has 1 aromatic rings. The Morgan fingerprint density at radius 1 is 1.53 bits per heavy atom. The van der Waals surface area contributed by atoms with Crippen molar-refractivity contribution in [1.29, 1.82) is 0 Å². The van der Waals surface area contributed by atoms with Crippen LogP contribution in [0.5, 0.6) is 0 Å². The Balaban J connectivity index is 2.15. The molecule has 1 N–H and O–H groups in total. The van der Waals surface area contributed by atoms with Gasteiger partial charge in [0.05, 0.1) is 6.61 Å². The lowest BCUT2D eigenvalue weighted by atomic mass is 10.3. The molecule has 0 unspecified atom stereocenters. The van der Waals surface area contributed by atoms with E-state index in [9.17, 15) is 18.0 Å². The smallest absolute Gasteiger partial charge is 0.411 e. The largest absolute Gasteiger partial charge is 0.461 e. The van der Waals surface area contributed by atoms with Gasteiger partial charge < -0.3 is 10.1 Å². The van der Waals surface area contributed by atoms with Crippen molar-refractivity contribution in [1.82, 2.24) is 4.98 Å². The Bertz CT molecular complexity index is 495. The van der Waals surface area contributed by atoms with Crippen molar-refractivity contribution in [3.05, 3.63) is 10.6 Å². The van der Waals surface area contributed by atoms with E-state index in [1.807, 2.05) is 0 Å². The van der Waals surface area contributed by atoms with Gasteiger partial charge in [0.15, 0.2) is 10.8 Å². The summed E-state index contributed by atoms with van der Waals surface area (Å²) in [7, 11) is 0. The van der Waals surface area contributed by atoms with Gasteiger partial charge in [-0.05, 0) is 26.7 Å². The lowest BCUT2D eigenvalue weighted by Gasteiger charge is -2.19. The summed E-state index contributed by atoms with van der Waals surface area (Å²) in [6.07, 6.45) is -4.25. The predicted molar refractivity (Wildman–Crippen MR) is 64.5 cm³/mol. The molecule has 4 nitrogen and oxygen atoms in total. The van der Waals surface area contributed by atoms with Crippen molar-refractivity contribution in [3.8, 4) is 0 Å². The molecule has 0 aromatic carbocycles. The molecule has 0 amide bonds. The number of rotatable bonds is 4. The number of hydrogen-bond acceptors (Lipinski definition) is 5. The Morgan fingerprint density at radius 2 is 2.16 bits per heavy atom. The molecule has 1 heterocycles. The molecule has 1 aliphatic rings. The number of esters is 1. The molecule has 8 heteroatoms. The fourth-order valence-electron chi connectivity index (χ4n) is 1.65. The minimum atomic E-state index is -4.31. The average Bonchev–Trinajstić information content (AvgIpc) is 2.97. The Hall–Kier alpha value is -1.31. The number of ether oxygens (including phenoxy) is 1. The molecule has 1 fully saturated rings. The Labute approximate surface area is 112 Å². The highest BCUT2D eigenvalue weighted by Crippen LogP contribution is 2.51. The maximum atomic E-state index is 12.8. The third kappa shape index (κ3) is 2.68. The fraction of sp³-hybridized carbons (Fsp3) is 0.636. The molecular formula is C11H13F3N2O2S. The van der Waals surface area contributed by atoms with Crippen LogP contribution in [-0.2, 0) is 4.74 Å². The van der Waals surface area contributed by atoms with E-state index in [-0.39, 0.29) is 30.3 Å². The van der Waals surface area contributed by atoms with Crippen LogP contribution in [0.4, 0.5) is 18.3 Å². The first-order chi connectivity index (χ1) is 8.79. The number of alkyl halides is 3. The number of hydrogen-bond donors (Lipinski definition) is 1. The van der Waals surface area contributed by atoms with Gasteiger partial charge in [-0.1, -0.05) is 0 Å². The van der Waals surface area contributed by atoms with Crippen molar-refractivity contribution in [2.45, 2.75) is 38.4 Å². The second-order valence-electron chi connectivity index (χ2n) is 4.35. The van der Waals surface area contributed by atoms with Gasteiger partial charge in [0, 0.05) is 4.88 Å². The first-order valence-electron chi connectivity index (χ1n) is 5.78. The van der Waals surface area contributed by atoms with Crippen molar-refractivity contribution in [3.63, 3.8) is 0 Å². The van der Waals surface area contributed by atoms with Crippen molar-refractivity contribution in [2.75, 3.05) is 11.9 Å². The maximum absolute atomic E-state index is 12.8. The van der Waals surface area contributed by atoms with Crippen LogP contribution in [0.25, 0.3) is 0 Å². The first kappa shape index (κ1) is 14.1. The minimum absolute atomic E-state index is 0.0316. The van der Waals surface area contributed by atoms with Gasteiger partial charge >= 0.3 is 12.1 Å². The van der Waals surface area contributed by atoms with E-state index in [4.69, 9.17) is 4.74 Å². The summed E-state index contributed by atoms with van der Waals surface area (Å²) in [4.78, 5) is 16.0. The van der Waals surface area contributed by atoms with E-state index in [0.29, 0.717) is 4.88 Å². The van der Waals surface area contributed by atoms with Crippen molar-refractivity contribution < 1.29 is 22.7 Å². The van der Waals surface area contributed by atoms with Crippen molar-refractivity contribution >= 4 is 22.4 Å². The first-order valence-corrected chi connectivity index (χ1v) is 6.60. The molecule has 0 radical (unpaired) electrons. The number of aromatic nitrogens is 1. The summed E-state index contributed by atoms with van der Waals surface area (Å²) in [5.74, 6) is -0.610. The highest BCUT2D eigenvalue weighted by molar-refractivity contribution is 7.15. The molecule has 2 rings (SSSR count). The average molecular weight is 294 g/mol. The summed E-state index contributed by atoms with van der Waals surface area (Å²) in [6.45, 7) is 3.48. The van der Waals surface area contributed by atoms with E-state index in [2.05, 4.69) is 10.3 Å². The number of thiazole rings is 1. The normalized spacial score (nSPS) is 17.1. The minimum Gasteiger partial charge on any atom is -0.461 e. The summed E-state index contributed by atoms with van der Waals surface area (Å²) in [6, 6.07) is 0. The summed E-state index contributed by atoms with van der Waals surface area (Å²) >= 11 is 1.03. The topological polar surface area (TPSA) is 51.2 Å². The number of carbonyl (C=O) groups is 1. The number of aryl methyl sites for hydroxylation is 1. The number of carbonyl (C=O) groups excluding carboxylic acids is 1. The number of nitrogens with zero attached hydrogens (tertiary/aromatic N) is 1. The van der Waals surface area contributed by atoms with Crippen LogP contribution in [0.15, 0.2) is 0 Å². The van der Waals surface area contributed by atoms with E-state index in [1.165, 1.54) is 0 Å². The molecule has 1 aliphatic carbocycles. The van der Waals surface area contributed by atoms with E-state index in [1.54, 1.807) is 13.8 Å². The van der Waals surface area contributed by atoms with Gasteiger partial charge in [-0.3, -0.25) is 0 Å². The van der Waals surface area contributed by atoms with E-state index in [0.717, 1.165) is 11.3 Å². The molecule has 0 saturated heterocycles. The standard InChI is InChI=1S/C11H13F3N2O2S/c1-3-18-8(17)7-6(2)19-9(15-7)16-10(4-5-10)11(12,13)14/h3-5H2,1-2H3,(H,15,16). The Kier molecular flexibility index (Phi) is 3.46. The van der Waals surface area contributed by atoms with Crippen molar-refractivity contribution in [2.24, 2.45) is 0 Å². The molecular weight excluding hydrogens is 281 g/mol. The third-order valence-corrected chi connectivity index (χ3v) is 3.79. The maximum Gasteiger partial charge on any atom is 0.411 e. The van der Waals surface area contributed by atoms with Gasteiger partial charge in [-0.15, -0.1) is 11.3 Å². The Morgan fingerprint density at radius 3 is 2.63 bits per heavy atom.